The van der Waals surface area contributed by atoms with Crippen molar-refractivity contribution >= 4 is 38.8 Å². The van der Waals surface area contributed by atoms with Gasteiger partial charge in [0.05, 0.1) is 16.4 Å². The zero-order chi connectivity index (χ0) is 23.3. The molecule has 1 aromatic heterocycles. The van der Waals surface area contributed by atoms with Gasteiger partial charge in [0.2, 0.25) is 5.13 Å². The Morgan fingerprint density at radius 2 is 1.56 bits per heavy atom. The number of hydrogen-bond acceptors (Lipinski definition) is 5. The van der Waals surface area contributed by atoms with Gasteiger partial charge in [0.1, 0.15) is 17.3 Å². The number of hydrazone groups is 1. The van der Waals surface area contributed by atoms with Gasteiger partial charge in [0.25, 0.3) is 5.91 Å². The van der Waals surface area contributed by atoms with Crippen LogP contribution in [0.15, 0.2) is 108 Å². The van der Waals surface area contributed by atoms with Crippen LogP contribution in [-0.4, -0.2) is 17.1 Å². The summed E-state index contributed by atoms with van der Waals surface area (Å²) in [7, 11) is 0. The number of carbonyl (C=O) groups excluding carboxylic acids is 1. The normalized spacial score (nSPS) is 11.1. The van der Waals surface area contributed by atoms with Gasteiger partial charge in [-0.05, 0) is 60.2 Å². The molecule has 4 aromatic carbocycles. The van der Waals surface area contributed by atoms with Crippen molar-refractivity contribution in [1.82, 2.24) is 4.98 Å². The Balaban J connectivity index is 1.46. The maximum absolute atomic E-state index is 13.7. The summed E-state index contributed by atoms with van der Waals surface area (Å²) in [5.41, 5.74) is 1.84. The Hall–Kier alpha value is -4.36. The van der Waals surface area contributed by atoms with Crippen molar-refractivity contribution in [1.29, 1.82) is 0 Å². The fraction of sp³-hybridized carbons (Fsp3) is 0. The molecule has 0 radical (unpaired) electrons. The Labute approximate surface area is 199 Å². The molecule has 5 nitrogen and oxygen atoms in total. The molecule has 0 fully saturated rings. The Morgan fingerprint density at radius 1 is 0.882 bits per heavy atom. The van der Waals surface area contributed by atoms with Gasteiger partial charge in [0, 0.05) is 5.56 Å². The SMILES string of the molecule is O=C(c1ccc(Oc2ccccc2)cc1)N(/N=C/c1ccccc1)c1nc2ccc(F)cc2s1. The number of halogens is 1. The molecule has 7 heteroatoms. The number of rotatable bonds is 6. The van der Waals surface area contributed by atoms with E-state index in [0.29, 0.717) is 32.4 Å². The molecule has 1 amide bonds. The van der Waals surface area contributed by atoms with Crippen LogP contribution in [0.5, 0.6) is 11.5 Å². The fourth-order valence-electron chi connectivity index (χ4n) is 3.24. The standard InChI is InChI=1S/C27H18FN3O2S/c28-21-13-16-24-25(17-21)34-27(30-24)31(29-18-19-7-3-1-4-8-19)26(32)20-11-14-23(15-12-20)33-22-9-5-2-6-10-22/h1-18H/b29-18+. The molecule has 5 rings (SSSR count). The molecule has 5 aromatic rings. The van der Waals surface area contributed by atoms with Gasteiger partial charge in [0.15, 0.2) is 0 Å². The second-order valence-corrected chi connectivity index (χ2v) is 8.33. The van der Waals surface area contributed by atoms with E-state index in [4.69, 9.17) is 4.74 Å². The number of benzene rings is 4. The van der Waals surface area contributed by atoms with Crippen LogP contribution >= 0.6 is 11.3 Å². The molecular formula is C27H18FN3O2S. The summed E-state index contributed by atoms with van der Waals surface area (Å²) >= 11 is 1.20. The van der Waals surface area contributed by atoms with E-state index >= 15 is 0 Å². The van der Waals surface area contributed by atoms with E-state index < -0.39 is 0 Å². The number of para-hydroxylation sites is 1. The highest BCUT2D eigenvalue weighted by atomic mass is 32.1. The Kier molecular flexibility index (Phi) is 6.09. The van der Waals surface area contributed by atoms with Crippen LogP contribution < -0.4 is 9.75 Å². The van der Waals surface area contributed by atoms with Crippen molar-refractivity contribution in [3.05, 3.63) is 120 Å². The summed E-state index contributed by atoms with van der Waals surface area (Å²) in [5.74, 6) is 0.593. The zero-order valence-electron chi connectivity index (χ0n) is 17.8. The number of carbonyl (C=O) groups is 1. The molecular weight excluding hydrogens is 449 g/mol. The summed E-state index contributed by atoms with van der Waals surface area (Å²) in [6.45, 7) is 0. The first-order chi connectivity index (χ1) is 16.7. The van der Waals surface area contributed by atoms with Crippen LogP contribution in [0.2, 0.25) is 0 Å². The van der Waals surface area contributed by atoms with Crippen LogP contribution in [0.3, 0.4) is 0 Å². The van der Waals surface area contributed by atoms with E-state index in [1.54, 1.807) is 36.5 Å². The third-order valence-corrected chi connectivity index (χ3v) is 5.91. The van der Waals surface area contributed by atoms with Crippen molar-refractivity contribution in [3.8, 4) is 11.5 Å². The average molecular weight is 468 g/mol. The number of aromatic nitrogens is 1. The number of fused-ring (bicyclic) bond motifs is 1. The van der Waals surface area contributed by atoms with E-state index in [9.17, 15) is 9.18 Å². The molecule has 34 heavy (non-hydrogen) atoms. The molecule has 0 aliphatic carbocycles. The summed E-state index contributed by atoms with van der Waals surface area (Å²) in [4.78, 5) is 17.9. The topological polar surface area (TPSA) is 54.8 Å². The van der Waals surface area contributed by atoms with Gasteiger partial charge in [-0.25, -0.2) is 9.37 Å². The number of amides is 1. The summed E-state index contributed by atoms with van der Waals surface area (Å²) in [6, 6.07) is 30.0. The highest BCUT2D eigenvalue weighted by Gasteiger charge is 2.21. The highest BCUT2D eigenvalue weighted by Crippen LogP contribution is 2.31. The third kappa shape index (κ3) is 4.84. The van der Waals surface area contributed by atoms with Crippen LogP contribution in [0.1, 0.15) is 15.9 Å². The Bertz CT molecular complexity index is 1450. The summed E-state index contributed by atoms with van der Waals surface area (Å²) < 4.78 is 20.1. The van der Waals surface area contributed by atoms with E-state index in [2.05, 4.69) is 10.1 Å². The maximum atomic E-state index is 13.7. The zero-order valence-corrected chi connectivity index (χ0v) is 18.7. The number of hydrogen-bond donors (Lipinski definition) is 0. The average Bonchev–Trinajstić information content (AvgIpc) is 3.28. The number of thiazole rings is 1. The lowest BCUT2D eigenvalue weighted by molar-refractivity contribution is 0.0988. The molecule has 0 aliphatic rings. The minimum Gasteiger partial charge on any atom is -0.457 e. The molecule has 0 bridgehead atoms. The van der Waals surface area contributed by atoms with Gasteiger partial charge in [-0.15, -0.1) is 0 Å². The molecule has 166 valence electrons. The van der Waals surface area contributed by atoms with Crippen LogP contribution in [0.25, 0.3) is 10.2 Å². The van der Waals surface area contributed by atoms with E-state index in [1.807, 2.05) is 60.7 Å². The van der Waals surface area contributed by atoms with Crippen molar-refractivity contribution in [2.75, 3.05) is 5.01 Å². The monoisotopic (exact) mass is 467 g/mol. The van der Waals surface area contributed by atoms with Gasteiger partial charge in [-0.2, -0.15) is 10.1 Å². The van der Waals surface area contributed by atoms with Crippen LogP contribution in [-0.2, 0) is 0 Å². The lowest BCUT2D eigenvalue weighted by atomic mass is 10.2. The molecule has 0 unspecified atom stereocenters. The predicted molar refractivity (Wildman–Crippen MR) is 133 cm³/mol. The minimum absolute atomic E-state index is 0.349. The van der Waals surface area contributed by atoms with Crippen molar-refractivity contribution in [2.45, 2.75) is 0 Å². The molecule has 0 saturated heterocycles. The quantitative estimate of drug-likeness (QED) is 0.201. The smallest absolute Gasteiger partial charge is 0.280 e. The molecule has 0 atom stereocenters. The Morgan fingerprint density at radius 3 is 2.29 bits per heavy atom. The van der Waals surface area contributed by atoms with Crippen molar-refractivity contribution in [3.63, 3.8) is 0 Å². The first kappa shape index (κ1) is 21.5. The molecule has 0 spiro atoms. The first-order valence-electron chi connectivity index (χ1n) is 10.5. The van der Waals surface area contributed by atoms with E-state index in [0.717, 1.165) is 5.56 Å². The second-order valence-electron chi connectivity index (χ2n) is 7.32. The van der Waals surface area contributed by atoms with Crippen molar-refractivity contribution in [2.24, 2.45) is 5.10 Å². The lowest BCUT2D eigenvalue weighted by Crippen LogP contribution is -2.25. The predicted octanol–water partition coefficient (Wildman–Crippen LogP) is 6.91. The first-order valence-corrected chi connectivity index (χ1v) is 11.3. The number of ether oxygens (including phenoxy) is 1. The molecule has 0 N–H and O–H groups in total. The van der Waals surface area contributed by atoms with Gasteiger partial charge >= 0.3 is 0 Å². The number of nitrogens with zero attached hydrogens (tertiary/aromatic N) is 3. The van der Waals surface area contributed by atoms with Crippen molar-refractivity contribution < 1.29 is 13.9 Å². The lowest BCUT2D eigenvalue weighted by Gasteiger charge is -2.14. The van der Waals surface area contributed by atoms with E-state index in [-0.39, 0.29) is 11.7 Å². The minimum atomic E-state index is -0.363. The molecule has 1 heterocycles. The largest absolute Gasteiger partial charge is 0.457 e. The summed E-state index contributed by atoms with van der Waals surface area (Å²) in [6.07, 6.45) is 1.59. The molecule has 0 aliphatic heterocycles. The van der Waals surface area contributed by atoms with Gasteiger partial charge in [-0.3, -0.25) is 4.79 Å². The number of anilines is 1. The summed E-state index contributed by atoms with van der Waals surface area (Å²) in [5, 5.41) is 6.02. The van der Waals surface area contributed by atoms with Gasteiger partial charge < -0.3 is 4.74 Å². The van der Waals surface area contributed by atoms with Crippen LogP contribution in [0.4, 0.5) is 9.52 Å². The molecule has 0 saturated carbocycles. The van der Waals surface area contributed by atoms with Gasteiger partial charge in [-0.1, -0.05) is 59.9 Å². The van der Waals surface area contributed by atoms with E-state index in [1.165, 1.54) is 28.5 Å². The maximum Gasteiger partial charge on any atom is 0.280 e. The van der Waals surface area contributed by atoms with Crippen LogP contribution in [0, 0.1) is 5.82 Å². The fourth-order valence-corrected chi connectivity index (χ4v) is 4.19. The second kappa shape index (κ2) is 9.64. The highest BCUT2D eigenvalue weighted by molar-refractivity contribution is 7.22. The third-order valence-electron chi connectivity index (χ3n) is 4.91.